The lowest BCUT2D eigenvalue weighted by molar-refractivity contribution is -0.126. The third-order valence-electron chi connectivity index (χ3n) is 7.47. The molecule has 2 aromatic carbocycles. The fraction of sp³-hybridized carbons (Fsp3) is 0.286. The molecule has 2 aromatic heterocycles. The number of pyridine rings is 1. The van der Waals surface area contributed by atoms with Crippen molar-refractivity contribution in [1.29, 1.82) is 0 Å². The van der Waals surface area contributed by atoms with Crippen molar-refractivity contribution in [2.24, 2.45) is 12.5 Å². The summed E-state index contributed by atoms with van der Waals surface area (Å²) in [5, 5.41) is 8.59. The Balaban J connectivity index is 1.38. The molecule has 1 N–H and O–H groups in total. The van der Waals surface area contributed by atoms with Crippen LogP contribution in [-0.4, -0.2) is 32.2 Å². The van der Waals surface area contributed by atoms with Crippen LogP contribution in [0.2, 0.25) is 0 Å². The van der Waals surface area contributed by atoms with Gasteiger partial charge in [-0.2, -0.15) is 5.10 Å². The van der Waals surface area contributed by atoms with Crippen molar-refractivity contribution in [3.63, 3.8) is 0 Å². The quantitative estimate of drug-likeness (QED) is 0.473. The molecule has 1 saturated carbocycles. The van der Waals surface area contributed by atoms with Crippen LogP contribution in [-0.2, 0) is 16.6 Å². The van der Waals surface area contributed by atoms with Gasteiger partial charge in [0.1, 0.15) is 0 Å². The van der Waals surface area contributed by atoms with Gasteiger partial charge in [-0.15, -0.1) is 0 Å². The zero-order valence-electron chi connectivity index (χ0n) is 20.2. The second-order valence-electron chi connectivity index (χ2n) is 10.1. The first kappa shape index (κ1) is 22.3. The van der Waals surface area contributed by atoms with Crippen LogP contribution in [0.15, 0.2) is 77.9 Å². The molecule has 3 heterocycles. The fourth-order valence-electron chi connectivity index (χ4n) is 5.04. The van der Waals surface area contributed by atoms with E-state index in [0.717, 1.165) is 40.7 Å². The minimum absolute atomic E-state index is 0.0251. The maximum Gasteiger partial charge on any atom is 0.250 e. The van der Waals surface area contributed by atoms with E-state index >= 15 is 0 Å². The Labute approximate surface area is 208 Å². The van der Waals surface area contributed by atoms with Gasteiger partial charge in [0.25, 0.3) is 0 Å². The van der Waals surface area contributed by atoms with Crippen molar-refractivity contribution in [3.8, 4) is 5.69 Å². The Hall–Kier alpha value is -4.20. The molecule has 0 bridgehead atoms. The standard InChI is InChI=1S/C28H27N5O3/c1-28(12-13-28)27(36)30-22-15-25(35)32(26(22)18-6-4-3-5-7-18)20-8-10-23-19(14-20)16-29-33(23)21-9-11-24(34)31(2)17-21/h3-11,14,16-17,22,26H,12-13,15H2,1-2H3,(H,30,36)/t22-,26+/m0/s1. The summed E-state index contributed by atoms with van der Waals surface area (Å²) in [7, 11) is 1.71. The van der Waals surface area contributed by atoms with E-state index in [4.69, 9.17) is 0 Å². The van der Waals surface area contributed by atoms with Gasteiger partial charge in [-0.25, -0.2) is 4.68 Å². The first-order chi connectivity index (χ1) is 17.3. The molecule has 8 heteroatoms. The number of anilines is 1. The smallest absolute Gasteiger partial charge is 0.250 e. The third-order valence-corrected chi connectivity index (χ3v) is 7.47. The molecule has 6 rings (SSSR count). The van der Waals surface area contributed by atoms with E-state index < -0.39 is 0 Å². The number of carbonyl (C=O) groups is 2. The Morgan fingerprint density at radius 1 is 1.03 bits per heavy atom. The van der Waals surface area contributed by atoms with Crippen LogP contribution in [0.5, 0.6) is 0 Å². The van der Waals surface area contributed by atoms with E-state index in [1.807, 2.05) is 55.5 Å². The minimum atomic E-state index is -0.313. The van der Waals surface area contributed by atoms with Crippen LogP contribution in [0.4, 0.5) is 5.69 Å². The average molecular weight is 482 g/mol. The van der Waals surface area contributed by atoms with Gasteiger partial charge in [-0.05, 0) is 42.7 Å². The van der Waals surface area contributed by atoms with Gasteiger partial charge in [-0.3, -0.25) is 14.4 Å². The van der Waals surface area contributed by atoms with Crippen molar-refractivity contribution >= 4 is 28.4 Å². The second kappa shape index (κ2) is 8.19. The highest BCUT2D eigenvalue weighted by atomic mass is 16.2. The zero-order chi connectivity index (χ0) is 25.0. The number of nitrogens with one attached hydrogen (secondary N) is 1. The molecule has 1 saturated heterocycles. The number of aryl methyl sites for hydroxylation is 1. The summed E-state index contributed by atoms with van der Waals surface area (Å²) in [5.74, 6) is -0.00280. The molecule has 36 heavy (non-hydrogen) atoms. The first-order valence-electron chi connectivity index (χ1n) is 12.2. The fourth-order valence-corrected chi connectivity index (χ4v) is 5.04. The molecule has 0 unspecified atom stereocenters. The molecule has 2 amide bonds. The first-order valence-corrected chi connectivity index (χ1v) is 12.2. The Bertz CT molecular complexity index is 1550. The molecule has 0 spiro atoms. The highest BCUT2D eigenvalue weighted by Gasteiger charge is 2.48. The number of fused-ring (bicyclic) bond motifs is 1. The summed E-state index contributed by atoms with van der Waals surface area (Å²) in [5.41, 5.74) is 2.98. The van der Waals surface area contributed by atoms with Gasteiger partial charge in [0.05, 0.1) is 29.5 Å². The van der Waals surface area contributed by atoms with E-state index in [1.165, 1.54) is 10.6 Å². The average Bonchev–Trinajstić information content (AvgIpc) is 3.36. The van der Waals surface area contributed by atoms with Crippen molar-refractivity contribution in [2.45, 2.75) is 38.3 Å². The summed E-state index contributed by atoms with van der Waals surface area (Å²) < 4.78 is 3.29. The van der Waals surface area contributed by atoms with Crippen molar-refractivity contribution in [3.05, 3.63) is 89.0 Å². The zero-order valence-corrected chi connectivity index (χ0v) is 20.2. The van der Waals surface area contributed by atoms with Crippen LogP contribution >= 0.6 is 0 Å². The number of aromatic nitrogens is 3. The summed E-state index contributed by atoms with van der Waals surface area (Å²) in [4.78, 5) is 39.9. The molecule has 2 atom stereocenters. The van der Waals surface area contributed by atoms with Gasteiger partial charge in [0.15, 0.2) is 0 Å². The Morgan fingerprint density at radius 3 is 2.50 bits per heavy atom. The summed E-state index contributed by atoms with van der Waals surface area (Å²) in [6.07, 6.45) is 5.52. The summed E-state index contributed by atoms with van der Waals surface area (Å²) >= 11 is 0. The van der Waals surface area contributed by atoms with Crippen LogP contribution in [0, 0.1) is 5.41 Å². The maximum atomic E-state index is 13.4. The summed E-state index contributed by atoms with van der Waals surface area (Å²) in [6, 6.07) is 18.3. The van der Waals surface area contributed by atoms with Crippen molar-refractivity contribution in [2.75, 3.05) is 4.90 Å². The van der Waals surface area contributed by atoms with Crippen LogP contribution in [0.25, 0.3) is 16.6 Å². The number of amides is 2. The van der Waals surface area contributed by atoms with E-state index in [-0.39, 0.29) is 41.3 Å². The van der Waals surface area contributed by atoms with Gasteiger partial charge < -0.3 is 14.8 Å². The monoisotopic (exact) mass is 481 g/mol. The van der Waals surface area contributed by atoms with Crippen molar-refractivity contribution in [1.82, 2.24) is 19.7 Å². The van der Waals surface area contributed by atoms with E-state index in [9.17, 15) is 14.4 Å². The molecule has 0 radical (unpaired) electrons. The van der Waals surface area contributed by atoms with E-state index in [0.29, 0.717) is 0 Å². The molecule has 2 aliphatic rings. The lowest BCUT2D eigenvalue weighted by Crippen LogP contribution is -2.42. The minimum Gasteiger partial charge on any atom is -0.350 e. The Kier molecular flexibility index (Phi) is 5.07. The normalized spacial score (nSPS) is 20.6. The van der Waals surface area contributed by atoms with Crippen LogP contribution < -0.4 is 15.8 Å². The lowest BCUT2D eigenvalue weighted by Gasteiger charge is -2.30. The summed E-state index contributed by atoms with van der Waals surface area (Å²) in [6.45, 7) is 1.98. The predicted octanol–water partition coefficient (Wildman–Crippen LogP) is 3.49. The highest BCUT2D eigenvalue weighted by molar-refractivity contribution is 6.00. The van der Waals surface area contributed by atoms with Gasteiger partial charge in [0.2, 0.25) is 17.4 Å². The topological polar surface area (TPSA) is 89.2 Å². The third kappa shape index (κ3) is 3.69. The van der Waals surface area contributed by atoms with Crippen LogP contribution in [0.1, 0.15) is 37.8 Å². The SMILES string of the molecule is Cn1cc(-n2ncc3cc(N4C(=O)C[C@H](NC(=O)C5(C)CC5)[C@H]4c4ccccc4)ccc32)ccc1=O. The Morgan fingerprint density at radius 2 is 1.78 bits per heavy atom. The van der Waals surface area contributed by atoms with Crippen LogP contribution in [0.3, 0.4) is 0 Å². The largest absolute Gasteiger partial charge is 0.350 e. The molecule has 2 fully saturated rings. The number of carbonyl (C=O) groups excluding carboxylic acids is 2. The molecule has 1 aliphatic carbocycles. The van der Waals surface area contributed by atoms with Gasteiger partial charge >= 0.3 is 0 Å². The number of nitrogens with zero attached hydrogens (tertiary/aromatic N) is 4. The van der Waals surface area contributed by atoms with E-state index in [2.05, 4.69) is 10.4 Å². The highest BCUT2D eigenvalue weighted by Crippen LogP contribution is 2.46. The van der Waals surface area contributed by atoms with E-state index in [1.54, 1.807) is 35.1 Å². The van der Waals surface area contributed by atoms with Gasteiger partial charge in [0, 0.05) is 42.2 Å². The molecule has 1 aliphatic heterocycles. The maximum absolute atomic E-state index is 13.4. The molecule has 8 nitrogen and oxygen atoms in total. The van der Waals surface area contributed by atoms with Gasteiger partial charge in [-0.1, -0.05) is 37.3 Å². The predicted molar refractivity (Wildman–Crippen MR) is 137 cm³/mol. The molecule has 182 valence electrons. The number of rotatable bonds is 5. The lowest BCUT2D eigenvalue weighted by atomic mass is 9.98. The van der Waals surface area contributed by atoms with Crippen molar-refractivity contribution < 1.29 is 9.59 Å². The molecular formula is C28H27N5O3. The number of hydrogen-bond acceptors (Lipinski definition) is 4. The number of benzene rings is 2. The molecular weight excluding hydrogens is 454 g/mol. The molecule has 4 aromatic rings. The number of hydrogen-bond donors (Lipinski definition) is 1. The second-order valence-corrected chi connectivity index (χ2v) is 10.1.